The lowest BCUT2D eigenvalue weighted by molar-refractivity contribution is 0.410. The van der Waals surface area contributed by atoms with Crippen LogP contribution >= 0.6 is 0 Å². The fourth-order valence-electron chi connectivity index (χ4n) is 2.24. The third-order valence-corrected chi connectivity index (χ3v) is 3.41. The first-order chi connectivity index (χ1) is 9.82. The monoisotopic (exact) mass is 285 g/mol. The van der Waals surface area contributed by atoms with Crippen LogP contribution in [-0.2, 0) is 5.41 Å². The van der Waals surface area contributed by atoms with Gasteiger partial charge in [-0.2, -0.15) is 0 Å². The first kappa shape index (κ1) is 15.2. The number of nitrogens with two attached hydrogens (primary N) is 1. The van der Waals surface area contributed by atoms with Crippen LogP contribution in [-0.4, -0.2) is 7.11 Å². The standard InChI is InChI=1S/C18H23NO2/c1-12-9-10-13(18(2,3)4)16(11-12)21-15-8-6-7-14(20-5)17(15)19/h6-11H,19H2,1-5H3. The number of ether oxygens (including phenoxy) is 2. The lowest BCUT2D eigenvalue weighted by atomic mass is 9.86. The molecule has 3 heteroatoms. The number of rotatable bonds is 3. The van der Waals surface area contributed by atoms with Gasteiger partial charge in [0.25, 0.3) is 0 Å². The molecule has 0 heterocycles. The first-order valence-corrected chi connectivity index (χ1v) is 7.04. The second-order valence-electron chi connectivity index (χ2n) is 6.22. The number of hydrogen-bond donors (Lipinski definition) is 1. The van der Waals surface area contributed by atoms with Crippen molar-refractivity contribution < 1.29 is 9.47 Å². The van der Waals surface area contributed by atoms with E-state index < -0.39 is 0 Å². The molecule has 0 aromatic heterocycles. The van der Waals surface area contributed by atoms with E-state index in [1.165, 1.54) is 0 Å². The Kier molecular flexibility index (Phi) is 4.12. The molecule has 3 nitrogen and oxygen atoms in total. The highest BCUT2D eigenvalue weighted by Crippen LogP contribution is 2.39. The van der Waals surface area contributed by atoms with Crippen LogP contribution in [0.2, 0.25) is 0 Å². The van der Waals surface area contributed by atoms with Crippen LogP contribution in [0, 0.1) is 6.92 Å². The second-order valence-corrected chi connectivity index (χ2v) is 6.22. The SMILES string of the molecule is COc1cccc(Oc2cc(C)ccc2C(C)(C)C)c1N. The molecular weight excluding hydrogens is 262 g/mol. The number of nitrogen functional groups attached to an aromatic ring is 1. The van der Waals surface area contributed by atoms with E-state index in [2.05, 4.69) is 32.9 Å². The van der Waals surface area contributed by atoms with Gasteiger partial charge in [0.05, 0.1) is 7.11 Å². The van der Waals surface area contributed by atoms with E-state index in [-0.39, 0.29) is 5.41 Å². The van der Waals surface area contributed by atoms with Crippen molar-refractivity contribution in [2.45, 2.75) is 33.1 Å². The van der Waals surface area contributed by atoms with Gasteiger partial charge in [0.1, 0.15) is 17.2 Å². The Morgan fingerprint density at radius 3 is 2.24 bits per heavy atom. The van der Waals surface area contributed by atoms with E-state index in [1.54, 1.807) is 7.11 Å². The summed E-state index contributed by atoms with van der Waals surface area (Å²) in [5, 5.41) is 0. The molecule has 0 aliphatic rings. The first-order valence-electron chi connectivity index (χ1n) is 7.04. The van der Waals surface area contributed by atoms with E-state index in [9.17, 15) is 0 Å². The summed E-state index contributed by atoms with van der Waals surface area (Å²) in [6.45, 7) is 8.55. The van der Waals surface area contributed by atoms with Crippen LogP contribution in [0.25, 0.3) is 0 Å². The molecule has 0 saturated heterocycles. The predicted octanol–water partition coefficient (Wildman–Crippen LogP) is 4.68. The number of hydrogen-bond acceptors (Lipinski definition) is 3. The van der Waals surface area contributed by atoms with Crippen LogP contribution in [0.15, 0.2) is 36.4 Å². The van der Waals surface area contributed by atoms with Gasteiger partial charge in [-0.1, -0.05) is 39.0 Å². The lowest BCUT2D eigenvalue weighted by Crippen LogP contribution is -2.12. The van der Waals surface area contributed by atoms with Crippen molar-refractivity contribution in [3.63, 3.8) is 0 Å². The van der Waals surface area contributed by atoms with E-state index in [0.717, 1.165) is 16.9 Å². The zero-order valence-electron chi connectivity index (χ0n) is 13.4. The molecule has 0 aliphatic heterocycles. The quantitative estimate of drug-likeness (QED) is 0.833. The molecule has 0 bridgehead atoms. The Labute approximate surface area is 126 Å². The molecule has 0 atom stereocenters. The highest BCUT2D eigenvalue weighted by Gasteiger charge is 2.20. The molecule has 21 heavy (non-hydrogen) atoms. The number of para-hydroxylation sites is 1. The van der Waals surface area contributed by atoms with Gasteiger partial charge in [-0.25, -0.2) is 0 Å². The highest BCUT2D eigenvalue weighted by atomic mass is 16.5. The van der Waals surface area contributed by atoms with E-state index in [1.807, 2.05) is 31.2 Å². The summed E-state index contributed by atoms with van der Waals surface area (Å²) in [6.07, 6.45) is 0. The van der Waals surface area contributed by atoms with Gasteiger partial charge in [0, 0.05) is 5.56 Å². The van der Waals surface area contributed by atoms with Crippen molar-refractivity contribution in [3.8, 4) is 17.2 Å². The number of methoxy groups -OCH3 is 1. The average Bonchev–Trinajstić information content (AvgIpc) is 2.40. The molecule has 0 aliphatic carbocycles. The minimum atomic E-state index is -0.00331. The Hall–Kier alpha value is -2.16. The van der Waals surface area contributed by atoms with Gasteiger partial charge in [-0.05, 0) is 36.1 Å². The molecule has 2 N–H and O–H groups in total. The smallest absolute Gasteiger partial charge is 0.154 e. The maximum Gasteiger partial charge on any atom is 0.154 e. The number of aryl methyl sites for hydroxylation is 1. The van der Waals surface area contributed by atoms with Gasteiger partial charge in [-0.15, -0.1) is 0 Å². The van der Waals surface area contributed by atoms with Crippen molar-refractivity contribution in [2.75, 3.05) is 12.8 Å². The Morgan fingerprint density at radius 1 is 0.952 bits per heavy atom. The van der Waals surface area contributed by atoms with Crippen molar-refractivity contribution in [2.24, 2.45) is 0 Å². The lowest BCUT2D eigenvalue weighted by Gasteiger charge is -2.23. The van der Waals surface area contributed by atoms with Crippen LogP contribution in [0.3, 0.4) is 0 Å². The van der Waals surface area contributed by atoms with E-state index in [4.69, 9.17) is 15.2 Å². The van der Waals surface area contributed by atoms with Crippen molar-refractivity contribution in [1.82, 2.24) is 0 Å². The van der Waals surface area contributed by atoms with Gasteiger partial charge < -0.3 is 15.2 Å². The Morgan fingerprint density at radius 2 is 1.62 bits per heavy atom. The largest absolute Gasteiger partial charge is 0.494 e. The normalized spacial score (nSPS) is 11.3. The molecule has 0 unspecified atom stereocenters. The van der Waals surface area contributed by atoms with Crippen molar-refractivity contribution in [3.05, 3.63) is 47.5 Å². The van der Waals surface area contributed by atoms with Crippen LogP contribution in [0.1, 0.15) is 31.9 Å². The van der Waals surface area contributed by atoms with Gasteiger partial charge in [0.15, 0.2) is 5.75 Å². The number of benzene rings is 2. The topological polar surface area (TPSA) is 44.5 Å². The molecule has 0 amide bonds. The Bertz CT molecular complexity index is 642. The predicted molar refractivity (Wildman–Crippen MR) is 87.4 cm³/mol. The minimum Gasteiger partial charge on any atom is -0.494 e. The summed E-state index contributed by atoms with van der Waals surface area (Å²) in [5.41, 5.74) is 8.90. The third-order valence-electron chi connectivity index (χ3n) is 3.41. The zero-order chi connectivity index (χ0) is 15.6. The molecule has 112 valence electrons. The Balaban J connectivity index is 2.47. The summed E-state index contributed by atoms with van der Waals surface area (Å²) in [6, 6.07) is 11.8. The molecule has 0 spiro atoms. The van der Waals surface area contributed by atoms with Gasteiger partial charge >= 0.3 is 0 Å². The van der Waals surface area contributed by atoms with Crippen LogP contribution < -0.4 is 15.2 Å². The maximum atomic E-state index is 6.09. The molecule has 0 saturated carbocycles. The summed E-state index contributed by atoms with van der Waals surface area (Å²) in [7, 11) is 1.60. The molecule has 2 aromatic carbocycles. The molecular formula is C18H23NO2. The summed E-state index contributed by atoms with van der Waals surface area (Å²) >= 11 is 0. The summed E-state index contributed by atoms with van der Waals surface area (Å²) in [4.78, 5) is 0. The second kappa shape index (κ2) is 5.68. The van der Waals surface area contributed by atoms with Crippen LogP contribution in [0.4, 0.5) is 5.69 Å². The average molecular weight is 285 g/mol. The summed E-state index contributed by atoms with van der Waals surface area (Å²) in [5.74, 6) is 2.07. The maximum absolute atomic E-state index is 6.09. The van der Waals surface area contributed by atoms with E-state index in [0.29, 0.717) is 17.2 Å². The third kappa shape index (κ3) is 3.30. The number of anilines is 1. The van der Waals surface area contributed by atoms with Crippen molar-refractivity contribution in [1.29, 1.82) is 0 Å². The van der Waals surface area contributed by atoms with Gasteiger partial charge in [-0.3, -0.25) is 0 Å². The minimum absolute atomic E-state index is 0.00331. The molecule has 2 rings (SSSR count). The fraction of sp³-hybridized carbons (Fsp3) is 0.333. The van der Waals surface area contributed by atoms with Gasteiger partial charge in [0.2, 0.25) is 0 Å². The zero-order valence-corrected chi connectivity index (χ0v) is 13.4. The molecule has 2 aromatic rings. The summed E-state index contributed by atoms with van der Waals surface area (Å²) < 4.78 is 11.3. The van der Waals surface area contributed by atoms with E-state index >= 15 is 0 Å². The molecule has 0 radical (unpaired) electrons. The fourth-order valence-corrected chi connectivity index (χ4v) is 2.24. The molecule has 0 fully saturated rings. The highest BCUT2D eigenvalue weighted by molar-refractivity contribution is 5.64. The van der Waals surface area contributed by atoms with Crippen molar-refractivity contribution >= 4 is 5.69 Å². The van der Waals surface area contributed by atoms with Crippen LogP contribution in [0.5, 0.6) is 17.2 Å².